The lowest BCUT2D eigenvalue weighted by atomic mass is 9.68. The number of benzene rings is 2. The molecule has 0 radical (unpaired) electrons. The highest BCUT2D eigenvalue weighted by Crippen LogP contribution is 2.55. The first-order valence-electron chi connectivity index (χ1n) is 8.81. The van der Waals surface area contributed by atoms with Crippen LogP contribution >= 0.6 is 0 Å². The summed E-state index contributed by atoms with van der Waals surface area (Å²) >= 11 is 0. The lowest BCUT2D eigenvalue weighted by Gasteiger charge is -2.31. The van der Waals surface area contributed by atoms with E-state index >= 15 is 0 Å². The SMILES string of the molecule is N#CC1=C(N)Oc2n[nH]c(-c3cccc([N+](=O)[O-])c3)c2C12C(=O)Nc1ccccc12. The zero-order valence-electron chi connectivity index (χ0n) is 15.2. The zero-order chi connectivity index (χ0) is 21.0. The van der Waals surface area contributed by atoms with Crippen molar-refractivity contribution in [3.63, 3.8) is 0 Å². The van der Waals surface area contributed by atoms with Gasteiger partial charge in [0.2, 0.25) is 17.7 Å². The number of non-ortho nitro benzene ring substituents is 1. The number of carbonyl (C=O) groups excluding carboxylic acids is 1. The molecule has 1 spiro atoms. The van der Waals surface area contributed by atoms with Crippen molar-refractivity contribution in [2.45, 2.75) is 5.41 Å². The zero-order valence-corrected chi connectivity index (χ0v) is 15.2. The average Bonchev–Trinajstić information content (AvgIpc) is 3.28. The normalized spacial score (nSPS) is 19.0. The van der Waals surface area contributed by atoms with Crippen LogP contribution in [0.2, 0.25) is 0 Å². The summed E-state index contributed by atoms with van der Waals surface area (Å²) in [5, 5.41) is 30.9. The fourth-order valence-electron chi connectivity index (χ4n) is 4.09. The number of hydrogen-bond acceptors (Lipinski definition) is 7. The summed E-state index contributed by atoms with van der Waals surface area (Å²) in [6.45, 7) is 0. The van der Waals surface area contributed by atoms with Gasteiger partial charge in [0.1, 0.15) is 17.1 Å². The molecule has 30 heavy (non-hydrogen) atoms. The summed E-state index contributed by atoms with van der Waals surface area (Å²) in [6.07, 6.45) is 0. The Kier molecular flexibility index (Phi) is 3.44. The molecule has 146 valence electrons. The maximum absolute atomic E-state index is 13.4. The molecule has 3 aromatic rings. The van der Waals surface area contributed by atoms with Gasteiger partial charge in [-0.2, -0.15) is 5.26 Å². The van der Waals surface area contributed by atoms with Crippen molar-refractivity contribution in [2.24, 2.45) is 5.73 Å². The molecule has 4 N–H and O–H groups in total. The molecule has 3 heterocycles. The maximum Gasteiger partial charge on any atom is 0.270 e. The largest absolute Gasteiger partial charge is 0.420 e. The third-order valence-corrected chi connectivity index (χ3v) is 5.31. The Morgan fingerprint density at radius 3 is 2.80 bits per heavy atom. The number of rotatable bonds is 2. The smallest absolute Gasteiger partial charge is 0.270 e. The van der Waals surface area contributed by atoms with Gasteiger partial charge in [-0.05, 0) is 6.07 Å². The summed E-state index contributed by atoms with van der Waals surface area (Å²) in [6, 6.07) is 14.8. The number of H-pyrrole nitrogens is 1. The molecule has 1 atom stereocenters. The van der Waals surface area contributed by atoms with Gasteiger partial charge in [0, 0.05) is 28.9 Å². The number of nitriles is 1. The van der Waals surface area contributed by atoms with Gasteiger partial charge >= 0.3 is 0 Å². The number of nitrogens with two attached hydrogens (primary N) is 1. The summed E-state index contributed by atoms with van der Waals surface area (Å²) in [4.78, 5) is 24.1. The second kappa shape index (κ2) is 5.92. The molecule has 5 rings (SSSR count). The molecule has 2 aliphatic heterocycles. The molecule has 1 unspecified atom stereocenters. The van der Waals surface area contributed by atoms with Crippen LogP contribution < -0.4 is 15.8 Å². The Hall–Kier alpha value is -4.65. The van der Waals surface area contributed by atoms with Crippen molar-refractivity contribution in [1.82, 2.24) is 10.2 Å². The van der Waals surface area contributed by atoms with E-state index in [1.165, 1.54) is 18.2 Å². The lowest BCUT2D eigenvalue weighted by Crippen LogP contribution is -2.42. The first-order chi connectivity index (χ1) is 14.5. The number of nitro benzene ring substituents is 1. The minimum Gasteiger partial charge on any atom is -0.420 e. The monoisotopic (exact) mass is 400 g/mol. The number of hydrogen-bond donors (Lipinski definition) is 3. The predicted molar refractivity (Wildman–Crippen MR) is 104 cm³/mol. The van der Waals surface area contributed by atoms with Crippen LogP contribution in [0.15, 0.2) is 60.0 Å². The molecule has 2 aromatic carbocycles. The second-order valence-corrected chi connectivity index (χ2v) is 6.79. The molecule has 0 aliphatic carbocycles. The van der Waals surface area contributed by atoms with Crippen LogP contribution in [0.4, 0.5) is 11.4 Å². The first kappa shape index (κ1) is 17.4. The molecule has 10 nitrogen and oxygen atoms in total. The highest BCUT2D eigenvalue weighted by Gasteiger charge is 2.58. The third kappa shape index (κ3) is 2.05. The molecule has 2 aliphatic rings. The number of carbonyl (C=O) groups is 1. The van der Waals surface area contributed by atoms with Gasteiger partial charge < -0.3 is 15.8 Å². The van der Waals surface area contributed by atoms with E-state index in [-0.39, 0.29) is 28.6 Å². The first-order valence-corrected chi connectivity index (χ1v) is 8.81. The fourth-order valence-corrected chi connectivity index (χ4v) is 4.09. The van der Waals surface area contributed by atoms with Crippen molar-refractivity contribution in [2.75, 3.05) is 5.32 Å². The summed E-state index contributed by atoms with van der Waals surface area (Å²) in [5.74, 6) is -0.686. The summed E-state index contributed by atoms with van der Waals surface area (Å²) < 4.78 is 5.54. The molecule has 1 aromatic heterocycles. The van der Waals surface area contributed by atoms with E-state index in [0.717, 1.165) is 0 Å². The lowest BCUT2D eigenvalue weighted by molar-refractivity contribution is -0.384. The third-order valence-electron chi connectivity index (χ3n) is 5.31. The van der Waals surface area contributed by atoms with Crippen LogP contribution in [-0.2, 0) is 10.2 Å². The molecule has 1 amide bonds. The van der Waals surface area contributed by atoms with Gasteiger partial charge in [-0.15, -0.1) is 5.10 Å². The molecule has 0 bridgehead atoms. The van der Waals surface area contributed by atoms with Gasteiger partial charge in [0.25, 0.3) is 5.69 Å². The number of para-hydroxylation sites is 1. The van der Waals surface area contributed by atoms with Crippen LogP contribution in [0.3, 0.4) is 0 Å². The van der Waals surface area contributed by atoms with Gasteiger partial charge in [-0.1, -0.05) is 30.3 Å². The average molecular weight is 400 g/mol. The van der Waals surface area contributed by atoms with Crippen molar-refractivity contribution in [1.29, 1.82) is 5.26 Å². The molecule has 0 saturated heterocycles. The van der Waals surface area contributed by atoms with E-state index in [1.54, 1.807) is 30.3 Å². The van der Waals surface area contributed by atoms with Crippen LogP contribution in [0.25, 0.3) is 11.3 Å². The molecule has 0 saturated carbocycles. The van der Waals surface area contributed by atoms with E-state index in [4.69, 9.17) is 10.5 Å². The molecular formula is C20H12N6O4. The quantitative estimate of drug-likeness (QED) is 0.439. The van der Waals surface area contributed by atoms with Gasteiger partial charge in [-0.25, -0.2) is 0 Å². The Balaban J connectivity index is 1.87. The topological polar surface area (TPSA) is 160 Å². The van der Waals surface area contributed by atoms with Gasteiger partial charge in [-0.3, -0.25) is 20.0 Å². The van der Waals surface area contributed by atoms with Crippen molar-refractivity contribution in [3.05, 3.63) is 81.2 Å². The van der Waals surface area contributed by atoms with Gasteiger partial charge in [0.15, 0.2) is 0 Å². The Morgan fingerprint density at radius 2 is 2.03 bits per heavy atom. The number of nitro groups is 1. The summed E-state index contributed by atoms with van der Waals surface area (Å²) in [7, 11) is 0. The number of nitrogens with zero attached hydrogens (tertiary/aromatic N) is 3. The van der Waals surface area contributed by atoms with Gasteiger partial charge in [0.05, 0.1) is 16.2 Å². The van der Waals surface area contributed by atoms with Crippen molar-refractivity contribution < 1.29 is 14.5 Å². The molecule has 10 heteroatoms. The highest BCUT2D eigenvalue weighted by molar-refractivity contribution is 6.13. The van der Waals surface area contributed by atoms with Crippen LogP contribution in [-0.4, -0.2) is 21.0 Å². The fraction of sp³-hybridized carbons (Fsp3) is 0.0500. The van der Waals surface area contributed by atoms with Crippen LogP contribution in [0.1, 0.15) is 11.1 Å². The molecular weight excluding hydrogens is 388 g/mol. The molecule has 0 fully saturated rings. The number of amides is 1. The summed E-state index contributed by atoms with van der Waals surface area (Å²) in [5.41, 5.74) is 6.25. The van der Waals surface area contributed by atoms with E-state index in [0.29, 0.717) is 22.5 Å². The minimum atomic E-state index is -1.60. The highest BCUT2D eigenvalue weighted by atomic mass is 16.6. The Morgan fingerprint density at radius 1 is 1.23 bits per heavy atom. The van der Waals surface area contributed by atoms with Crippen LogP contribution in [0.5, 0.6) is 5.88 Å². The standard InChI is InChI=1S/C20H12N6O4/c21-9-13-17(22)30-18-15(20(13)12-6-1-2-7-14(12)23-19(20)27)16(24-25-18)10-4-3-5-11(8-10)26(28)29/h1-8H,22H2,(H,23,27)(H,24,25). The minimum absolute atomic E-state index is 0.0276. The Bertz CT molecular complexity index is 1340. The number of nitrogens with one attached hydrogen (secondary N) is 2. The van der Waals surface area contributed by atoms with Crippen molar-refractivity contribution >= 4 is 17.3 Å². The number of fused-ring (bicyclic) bond motifs is 4. The van der Waals surface area contributed by atoms with E-state index in [2.05, 4.69) is 15.5 Å². The van der Waals surface area contributed by atoms with E-state index in [1.807, 2.05) is 6.07 Å². The van der Waals surface area contributed by atoms with E-state index in [9.17, 15) is 20.2 Å². The number of anilines is 1. The van der Waals surface area contributed by atoms with Crippen LogP contribution in [0, 0.1) is 21.4 Å². The Labute approximate surface area is 168 Å². The number of aromatic amines is 1. The van der Waals surface area contributed by atoms with Crippen molar-refractivity contribution in [3.8, 4) is 23.2 Å². The maximum atomic E-state index is 13.4. The number of ether oxygens (including phenoxy) is 1. The number of aromatic nitrogens is 2. The second-order valence-electron chi connectivity index (χ2n) is 6.79. The predicted octanol–water partition coefficient (Wildman–Crippen LogP) is 2.31. The van der Waals surface area contributed by atoms with E-state index < -0.39 is 16.2 Å².